The van der Waals surface area contributed by atoms with Gasteiger partial charge in [-0.3, -0.25) is 9.59 Å². The van der Waals surface area contributed by atoms with Crippen LogP contribution in [0.2, 0.25) is 0 Å². The molecule has 3 aromatic rings. The van der Waals surface area contributed by atoms with E-state index in [1.54, 1.807) is 0 Å². The van der Waals surface area contributed by atoms with E-state index in [-0.39, 0.29) is 24.8 Å². The normalized spacial score (nSPS) is 13.1. The molecule has 5 rings (SSSR count). The third kappa shape index (κ3) is 5.17. The highest BCUT2D eigenvalue weighted by atomic mass is 16.5. The van der Waals surface area contributed by atoms with Gasteiger partial charge >= 0.3 is 11.9 Å². The molecule has 2 aliphatic heterocycles. The fraction of sp³-hybridized carbons (Fsp3) is 0.353. The van der Waals surface area contributed by atoms with Crippen LogP contribution in [-0.2, 0) is 31.9 Å². The predicted octanol–water partition coefficient (Wildman–Crippen LogP) is 7.04. The maximum absolute atomic E-state index is 12.1. The fourth-order valence-corrected chi connectivity index (χ4v) is 5.73. The molecule has 8 heteroatoms. The molecule has 5 heterocycles. The van der Waals surface area contributed by atoms with E-state index in [1.165, 1.54) is 14.2 Å². The summed E-state index contributed by atoms with van der Waals surface area (Å²) >= 11 is 0. The Morgan fingerprint density at radius 2 is 1.00 bits per heavy atom. The molecule has 218 valence electrons. The van der Waals surface area contributed by atoms with Crippen LogP contribution in [-0.4, -0.2) is 46.1 Å². The number of H-pyrrole nitrogens is 2. The molecule has 0 aromatic carbocycles. The molecular weight excluding hydrogens is 528 g/mol. The van der Waals surface area contributed by atoms with Crippen molar-refractivity contribution in [1.82, 2.24) is 19.9 Å². The van der Waals surface area contributed by atoms with Crippen LogP contribution in [0.3, 0.4) is 0 Å². The van der Waals surface area contributed by atoms with Gasteiger partial charge in [0.2, 0.25) is 0 Å². The molecule has 0 amide bonds. The Morgan fingerprint density at radius 3 is 1.36 bits per heavy atom. The first kappa shape index (κ1) is 29.0. The lowest BCUT2D eigenvalue weighted by molar-refractivity contribution is -0.141. The van der Waals surface area contributed by atoms with Crippen LogP contribution in [0.25, 0.3) is 44.4 Å². The van der Waals surface area contributed by atoms with E-state index in [9.17, 15) is 9.59 Å². The molecule has 0 fully saturated rings. The van der Waals surface area contributed by atoms with Crippen molar-refractivity contribution < 1.29 is 19.1 Å². The quantitative estimate of drug-likeness (QED) is 0.310. The van der Waals surface area contributed by atoms with Gasteiger partial charge in [-0.15, -0.1) is 0 Å². The molecule has 0 saturated carbocycles. The summed E-state index contributed by atoms with van der Waals surface area (Å²) in [6.45, 7) is 12.5. The second-order valence-corrected chi connectivity index (χ2v) is 11.1. The number of ether oxygens (including phenoxy) is 2. The van der Waals surface area contributed by atoms with E-state index >= 15 is 0 Å². The first-order valence-corrected chi connectivity index (χ1v) is 14.3. The van der Waals surface area contributed by atoms with Crippen LogP contribution in [0.1, 0.15) is 85.6 Å². The second-order valence-electron chi connectivity index (χ2n) is 11.1. The van der Waals surface area contributed by atoms with E-state index in [0.29, 0.717) is 12.8 Å². The number of allylic oxidation sites excluding steroid dienone is 4. The molecule has 0 atom stereocenters. The number of rotatable bonds is 6. The monoisotopic (exact) mass is 566 g/mol. The standard InChI is InChI=1S/C34H38N4O4/c1-17-19(3)33-34-20(4)18(2)28(38-34)16-30-22(6)24(10-14-32(40)42-8)26(36-30)12-11-25-23(9-13-31(39)41-7)21(5)29(35-25)15-27(17)37-33/h11-12,15-16,35-36H,9-10,13-14H2,1-8H3. The number of esters is 2. The average molecular weight is 567 g/mol. The second kappa shape index (κ2) is 11.4. The van der Waals surface area contributed by atoms with E-state index in [4.69, 9.17) is 19.4 Å². The molecule has 8 nitrogen and oxygen atoms in total. The number of nitrogens with one attached hydrogen (secondary N) is 2. The maximum atomic E-state index is 12.1. The minimum Gasteiger partial charge on any atom is -0.469 e. The Kier molecular flexibility index (Phi) is 7.91. The third-order valence-electron chi connectivity index (χ3n) is 8.79. The zero-order valence-electron chi connectivity index (χ0n) is 25.7. The van der Waals surface area contributed by atoms with Gasteiger partial charge in [0.05, 0.1) is 37.0 Å². The Morgan fingerprint density at radius 1 is 0.619 bits per heavy atom. The van der Waals surface area contributed by atoms with Gasteiger partial charge in [-0.05, 0) is 123 Å². The summed E-state index contributed by atoms with van der Waals surface area (Å²) in [6.07, 6.45) is 1.63. The van der Waals surface area contributed by atoms with Crippen molar-refractivity contribution in [3.05, 3.63) is 69.3 Å². The SMILES string of the molecule is COC(=O)CCc1c(C)c2cc3nc(c4nc(cc5[nH]c(ccc1[nH]2)c(CCC(=O)OC)c5C)C(C)=C4C)C(C)=C3C. The van der Waals surface area contributed by atoms with Crippen molar-refractivity contribution in [2.24, 2.45) is 0 Å². The lowest BCUT2D eigenvalue weighted by Gasteiger charge is -2.01. The molecule has 2 aliphatic rings. The van der Waals surface area contributed by atoms with E-state index in [1.807, 2.05) is 12.1 Å². The topological polar surface area (TPSA) is 110 Å². The van der Waals surface area contributed by atoms with Crippen molar-refractivity contribution in [2.75, 3.05) is 14.2 Å². The van der Waals surface area contributed by atoms with Crippen molar-refractivity contribution in [1.29, 1.82) is 0 Å². The first-order chi connectivity index (χ1) is 20.0. The minimum atomic E-state index is -0.249. The Balaban J connectivity index is 1.87. The predicted molar refractivity (Wildman–Crippen MR) is 167 cm³/mol. The maximum Gasteiger partial charge on any atom is 0.305 e. The summed E-state index contributed by atoms with van der Waals surface area (Å²) in [4.78, 5) is 41.4. The van der Waals surface area contributed by atoms with Crippen LogP contribution in [0.5, 0.6) is 0 Å². The largest absolute Gasteiger partial charge is 0.469 e. The van der Waals surface area contributed by atoms with Gasteiger partial charge in [0.15, 0.2) is 0 Å². The van der Waals surface area contributed by atoms with E-state index in [0.717, 1.165) is 89.4 Å². The van der Waals surface area contributed by atoms with Crippen LogP contribution >= 0.6 is 0 Å². The summed E-state index contributed by atoms with van der Waals surface area (Å²) in [6, 6.07) is 8.25. The number of aromatic amines is 2. The van der Waals surface area contributed by atoms with Crippen LogP contribution < -0.4 is 0 Å². The highest BCUT2D eigenvalue weighted by Gasteiger charge is 2.23. The zero-order chi connectivity index (χ0) is 30.3. The average Bonchev–Trinajstić information content (AvgIpc) is 3.63. The van der Waals surface area contributed by atoms with Gasteiger partial charge in [0.25, 0.3) is 0 Å². The zero-order valence-corrected chi connectivity index (χ0v) is 25.7. The number of hydrogen-bond donors (Lipinski definition) is 2. The van der Waals surface area contributed by atoms with E-state index in [2.05, 4.69) is 63.6 Å². The van der Waals surface area contributed by atoms with Crippen LogP contribution in [0.4, 0.5) is 0 Å². The number of methoxy groups -OCH3 is 2. The number of carbonyl (C=O) groups is 2. The van der Waals surface area contributed by atoms with E-state index < -0.39 is 0 Å². The van der Waals surface area contributed by atoms with Gasteiger partial charge in [-0.1, -0.05) is 0 Å². The van der Waals surface area contributed by atoms with Crippen LogP contribution in [0, 0.1) is 13.8 Å². The molecule has 0 spiro atoms. The van der Waals surface area contributed by atoms with Gasteiger partial charge < -0.3 is 19.4 Å². The number of aromatic nitrogens is 4. The number of aryl methyl sites for hydroxylation is 4. The Bertz CT molecular complexity index is 1720. The van der Waals surface area contributed by atoms with Crippen molar-refractivity contribution >= 4 is 56.3 Å². The molecule has 0 unspecified atom stereocenters. The van der Waals surface area contributed by atoms with Gasteiger partial charge in [-0.2, -0.15) is 0 Å². The summed E-state index contributed by atoms with van der Waals surface area (Å²) in [7, 11) is 2.82. The molecule has 0 radical (unpaired) electrons. The molecular formula is C34H38N4O4. The van der Waals surface area contributed by atoms with Crippen molar-refractivity contribution in [3.63, 3.8) is 0 Å². The first-order valence-electron chi connectivity index (χ1n) is 14.3. The van der Waals surface area contributed by atoms with Gasteiger partial charge in [-0.25, -0.2) is 9.97 Å². The number of carbonyl (C=O) groups excluding carboxylic acids is 2. The summed E-state index contributed by atoms with van der Waals surface area (Å²) in [5, 5.41) is 0. The highest BCUT2D eigenvalue weighted by Crippen LogP contribution is 2.38. The smallest absolute Gasteiger partial charge is 0.305 e. The summed E-state index contributed by atoms with van der Waals surface area (Å²) < 4.78 is 9.85. The molecule has 0 saturated heterocycles. The summed E-state index contributed by atoms with van der Waals surface area (Å²) in [5.41, 5.74) is 16.0. The Labute approximate surface area is 245 Å². The molecule has 3 aromatic heterocycles. The minimum absolute atomic E-state index is 0.249. The number of hydrogen-bond acceptors (Lipinski definition) is 6. The number of nitrogens with zero attached hydrogens (tertiary/aromatic N) is 2. The molecule has 2 N–H and O–H groups in total. The molecule has 42 heavy (non-hydrogen) atoms. The lowest BCUT2D eigenvalue weighted by atomic mass is 10.0. The fourth-order valence-electron chi connectivity index (χ4n) is 5.73. The van der Waals surface area contributed by atoms with Gasteiger partial charge in [0.1, 0.15) is 0 Å². The number of fused-ring (bicyclic) bond motifs is 9. The van der Waals surface area contributed by atoms with Gasteiger partial charge in [0, 0.05) is 34.9 Å². The lowest BCUT2D eigenvalue weighted by Crippen LogP contribution is -2.02. The third-order valence-corrected chi connectivity index (χ3v) is 8.79. The molecule has 8 bridgehead atoms. The van der Waals surface area contributed by atoms with Crippen LogP contribution in [0.15, 0.2) is 24.3 Å². The molecule has 0 aliphatic carbocycles. The summed E-state index contributed by atoms with van der Waals surface area (Å²) in [5.74, 6) is -0.499. The highest BCUT2D eigenvalue weighted by molar-refractivity contribution is 5.99. The van der Waals surface area contributed by atoms with Crippen molar-refractivity contribution in [3.8, 4) is 0 Å². The Hall–Kier alpha value is -4.46. The van der Waals surface area contributed by atoms with Crippen molar-refractivity contribution in [2.45, 2.75) is 67.2 Å².